The van der Waals surface area contributed by atoms with Gasteiger partial charge in [-0.25, -0.2) is 4.79 Å². The lowest BCUT2D eigenvalue weighted by Gasteiger charge is -2.05. The first kappa shape index (κ1) is 35.0. The summed E-state index contributed by atoms with van der Waals surface area (Å²) in [5.41, 5.74) is 1.35. The molecule has 1 rings (SSSR count). The first-order chi connectivity index (χ1) is 13.1. The van der Waals surface area contributed by atoms with E-state index in [2.05, 4.69) is 65.0 Å². The zero-order valence-corrected chi connectivity index (χ0v) is 21.5. The second-order valence-electron chi connectivity index (χ2n) is 7.01. The number of rotatable bonds is 8. The van der Waals surface area contributed by atoms with Crippen LogP contribution in [-0.4, -0.2) is 62.2 Å². The molecule has 0 radical (unpaired) electrons. The number of hydrogen-bond donors (Lipinski definition) is 1. The van der Waals surface area contributed by atoms with E-state index < -0.39 is 5.97 Å². The fourth-order valence-corrected chi connectivity index (χ4v) is 1.54. The van der Waals surface area contributed by atoms with Gasteiger partial charge in [-0.15, -0.1) is 17.0 Å². The van der Waals surface area contributed by atoms with Gasteiger partial charge >= 0.3 is 5.97 Å². The quantitative estimate of drug-likeness (QED) is 0.453. The molecular weight excluding hydrogens is 428 g/mol. The molecule has 170 valence electrons. The van der Waals surface area contributed by atoms with Crippen LogP contribution in [0.2, 0.25) is 0 Å². The molecule has 1 aromatic rings. The van der Waals surface area contributed by atoms with E-state index in [1.807, 2.05) is 36.4 Å². The molecule has 0 atom stereocenters. The number of halogens is 1. The number of nitrogens with zero attached hydrogens (tertiary/aromatic N) is 2. The zero-order chi connectivity index (χ0) is 22.4. The molecule has 0 heterocycles. The molecule has 5 heteroatoms. The minimum Gasteiger partial charge on any atom is -0.478 e. The number of benzene rings is 1. The predicted molar refractivity (Wildman–Crippen MR) is 136 cm³/mol. The second kappa shape index (κ2) is 26.6. The van der Waals surface area contributed by atoms with Crippen molar-refractivity contribution in [2.45, 2.75) is 46.5 Å². The van der Waals surface area contributed by atoms with Gasteiger partial charge in [0.25, 0.3) is 0 Å². The molecule has 0 aromatic heterocycles. The van der Waals surface area contributed by atoms with Crippen molar-refractivity contribution in [1.82, 2.24) is 9.80 Å². The fourth-order valence-electron chi connectivity index (χ4n) is 1.54. The van der Waals surface area contributed by atoms with Gasteiger partial charge in [-0.05, 0) is 66.6 Å². The average molecular weight is 474 g/mol. The smallest absolute Gasteiger partial charge is 0.330 e. The van der Waals surface area contributed by atoms with Crippen molar-refractivity contribution in [3.05, 3.63) is 54.6 Å². The Morgan fingerprint density at radius 1 is 0.966 bits per heavy atom. The van der Waals surface area contributed by atoms with Crippen LogP contribution in [0, 0.1) is 0 Å². The topological polar surface area (TPSA) is 43.8 Å². The van der Waals surface area contributed by atoms with Crippen molar-refractivity contribution in [2.75, 3.05) is 41.3 Å². The third-order valence-electron chi connectivity index (χ3n) is 3.32. The van der Waals surface area contributed by atoms with Crippen molar-refractivity contribution >= 4 is 29.0 Å². The number of carboxylic acid groups (broad SMARTS) is 1. The Hall–Kier alpha value is -1.43. The van der Waals surface area contributed by atoms with Gasteiger partial charge in [0.05, 0.1) is 0 Å². The van der Waals surface area contributed by atoms with Crippen LogP contribution in [0.15, 0.2) is 49.1 Å². The van der Waals surface area contributed by atoms with Crippen LogP contribution in [0.25, 0.3) is 6.08 Å². The Morgan fingerprint density at radius 2 is 1.31 bits per heavy atom. The lowest BCUT2D eigenvalue weighted by Crippen LogP contribution is -2.12. The maximum Gasteiger partial charge on any atom is 0.330 e. The van der Waals surface area contributed by atoms with Crippen molar-refractivity contribution in [2.24, 2.45) is 0 Å². The predicted octanol–water partition coefficient (Wildman–Crippen LogP) is 6.25. The Kier molecular flexibility index (Phi) is 32.1. The lowest BCUT2D eigenvalue weighted by atomic mass is 10.2. The minimum atomic E-state index is -0.935. The van der Waals surface area contributed by atoms with E-state index in [0.29, 0.717) is 0 Å². The summed E-state index contributed by atoms with van der Waals surface area (Å²) in [5.74, 6) is -0.935. The second-order valence-corrected chi connectivity index (χ2v) is 7.01. The standard InChI is InChI=1S/C8H8.2C6H15N.C4H6O2.BrH/c1-2-8-6-4-3-5-7-8;2*1-4-5-6-7(2)3;1-3(2)4(5)6;/h2-7H,1H2;2*4-6H2,1-3H3;1H2,2H3,(H,5,6);1H. The van der Waals surface area contributed by atoms with Crippen LogP contribution in [0.1, 0.15) is 52.0 Å². The van der Waals surface area contributed by atoms with Crippen LogP contribution in [-0.2, 0) is 4.79 Å². The van der Waals surface area contributed by atoms with E-state index in [1.54, 1.807) is 0 Å². The molecule has 0 aliphatic heterocycles. The van der Waals surface area contributed by atoms with Gasteiger partial charge in [0.2, 0.25) is 0 Å². The molecule has 29 heavy (non-hydrogen) atoms. The monoisotopic (exact) mass is 472 g/mol. The summed E-state index contributed by atoms with van der Waals surface area (Å²) < 4.78 is 0. The summed E-state index contributed by atoms with van der Waals surface area (Å²) in [6.07, 6.45) is 7.09. The van der Waals surface area contributed by atoms with Gasteiger partial charge in [-0.1, -0.05) is 76.3 Å². The van der Waals surface area contributed by atoms with Crippen molar-refractivity contribution in [3.8, 4) is 0 Å². The number of carbonyl (C=O) groups is 1. The first-order valence-electron chi connectivity index (χ1n) is 9.97. The Labute approximate surface area is 191 Å². The van der Waals surface area contributed by atoms with Gasteiger partial charge in [0.1, 0.15) is 0 Å². The molecule has 0 bridgehead atoms. The van der Waals surface area contributed by atoms with E-state index in [1.165, 1.54) is 51.3 Å². The fraction of sp³-hybridized carbons (Fsp3) is 0.542. The highest BCUT2D eigenvalue weighted by atomic mass is 79.9. The van der Waals surface area contributed by atoms with Crippen molar-refractivity contribution < 1.29 is 9.90 Å². The van der Waals surface area contributed by atoms with Gasteiger partial charge in [0.15, 0.2) is 0 Å². The Bertz CT molecular complexity index is 465. The third kappa shape index (κ3) is 37.9. The summed E-state index contributed by atoms with van der Waals surface area (Å²) in [7, 11) is 8.43. The maximum absolute atomic E-state index is 9.60. The highest BCUT2D eigenvalue weighted by Crippen LogP contribution is 1.97. The molecule has 4 nitrogen and oxygen atoms in total. The lowest BCUT2D eigenvalue weighted by molar-refractivity contribution is -0.132. The van der Waals surface area contributed by atoms with Crippen LogP contribution >= 0.6 is 17.0 Å². The molecule has 1 N–H and O–H groups in total. The Morgan fingerprint density at radius 3 is 1.45 bits per heavy atom. The van der Waals surface area contributed by atoms with E-state index in [9.17, 15) is 4.79 Å². The largest absolute Gasteiger partial charge is 0.478 e. The van der Waals surface area contributed by atoms with Crippen LogP contribution in [0.3, 0.4) is 0 Å². The van der Waals surface area contributed by atoms with E-state index in [-0.39, 0.29) is 22.6 Å². The van der Waals surface area contributed by atoms with E-state index in [0.717, 1.165) is 0 Å². The number of carboxylic acids is 1. The van der Waals surface area contributed by atoms with Crippen molar-refractivity contribution in [1.29, 1.82) is 0 Å². The third-order valence-corrected chi connectivity index (χ3v) is 3.32. The maximum atomic E-state index is 9.60. The van der Waals surface area contributed by atoms with Crippen LogP contribution in [0.4, 0.5) is 0 Å². The molecule has 0 saturated carbocycles. The highest BCUT2D eigenvalue weighted by Gasteiger charge is 1.90. The first-order valence-corrected chi connectivity index (χ1v) is 9.97. The van der Waals surface area contributed by atoms with Gasteiger partial charge < -0.3 is 14.9 Å². The van der Waals surface area contributed by atoms with E-state index >= 15 is 0 Å². The minimum absolute atomic E-state index is 0. The molecule has 0 aliphatic carbocycles. The summed E-state index contributed by atoms with van der Waals surface area (Å²) >= 11 is 0. The molecular formula is C24H45BrN2O2. The number of unbranched alkanes of at least 4 members (excludes halogenated alkanes) is 2. The Balaban J connectivity index is -0.000000143. The highest BCUT2D eigenvalue weighted by molar-refractivity contribution is 8.93. The molecule has 0 spiro atoms. The molecule has 0 amide bonds. The summed E-state index contributed by atoms with van der Waals surface area (Å²) in [4.78, 5) is 14.0. The zero-order valence-electron chi connectivity index (χ0n) is 19.8. The average Bonchev–Trinajstić information content (AvgIpc) is 2.66. The van der Waals surface area contributed by atoms with Crippen LogP contribution < -0.4 is 0 Å². The summed E-state index contributed by atoms with van der Waals surface area (Å²) in [6.45, 7) is 15.1. The van der Waals surface area contributed by atoms with Crippen LogP contribution in [0.5, 0.6) is 0 Å². The number of aliphatic carboxylic acids is 1. The van der Waals surface area contributed by atoms with Gasteiger partial charge in [-0.3, -0.25) is 0 Å². The van der Waals surface area contributed by atoms with Gasteiger partial charge in [-0.2, -0.15) is 0 Å². The van der Waals surface area contributed by atoms with E-state index in [4.69, 9.17) is 5.11 Å². The van der Waals surface area contributed by atoms with Gasteiger partial charge in [0, 0.05) is 5.57 Å². The summed E-state index contributed by atoms with van der Waals surface area (Å²) in [5, 5.41) is 7.89. The molecule has 0 aliphatic rings. The summed E-state index contributed by atoms with van der Waals surface area (Å²) in [6, 6.07) is 10.0. The molecule has 0 unspecified atom stereocenters. The van der Waals surface area contributed by atoms with Crippen molar-refractivity contribution in [3.63, 3.8) is 0 Å². The molecule has 1 aromatic carbocycles. The number of hydrogen-bond acceptors (Lipinski definition) is 3. The normalized spacial score (nSPS) is 8.86. The molecule has 0 fully saturated rings. The molecule has 0 saturated heterocycles. The SMILES string of the molecule is Br.C=C(C)C(=O)O.C=Cc1ccccc1.CCCCN(C)C.CCCCN(C)C.